The number of benzene rings is 1. The van der Waals surface area contributed by atoms with Crippen LogP contribution in [0.5, 0.6) is 0 Å². The summed E-state index contributed by atoms with van der Waals surface area (Å²) in [7, 11) is -3.72. The third-order valence-electron chi connectivity index (χ3n) is 4.64. The molecule has 3 N–H and O–H groups in total. The van der Waals surface area contributed by atoms with Gasteiger partial charge in [0.25, 0.3) is 0 Å². The topological polar surface area (TPSA) is 143 Å². The van der Waals surface area contributed by atoms with Crippen molar-refractivity contribution >= 4 is 33.3 Å². The minimum atomic E-state index is -3.72. The number of nitrogens with zero attached hydrogens (tertiary/aromatic N) is 3. The number of aliphatic hydroxyl groups is 1. The minimum absolute atomic E-state index is 0.0140. The molecule has 34 heavy (non-hydrogen) atoms. The number of rotatable bonds is 10. The van der Waals surface area contributed by atoms with Gasteiger partial charge < -0.3 is 20.5 Å². The summed E-state index contributed by atoms with van der Waals surface area (Å²) >= 11 is 0. The molecule has 10 nitrogen and oxygen atoms in total. The number of carbonyl (C=O) groups is 1. The van der Waals surface area contributed by atoms with Gasteiger partial charge in [-0.05, 0) is 43.2 Å². The molecule has 1 atom stereocenters. The van der Waals surface area contributed by atoms with E-state index in [4.69, 9.17) is 4.74 Å². The molecule has 0 saturated carbocycles. The van der Waals surface area contributed by atoms with Gasteiger partial charge in [0, 0.05) is 30.5 Å². The van der Waals surface area contributed by atoms with Crippen molar-refractivity contribution in [2.45, 2.75) is 24.3 Å². The second-order valence-corrected chi connectivity index (χ2v) is 9.29. The summed E-state index contributed by atoms with van der Waals surface area (Å²) < 4.78 is 42.6. The molecular weight excluding hydrogens is 465 g/mol. The summed E-state index contributed by atoms with van der Waals surface area (Å²) in [6, 6.07) is 6.63. The molecule has 1 aromatic carbocycles. The van der Waals surface area contributed by atoms with E-state index in [2.05, 4.69) is 25.6 Å². The second kappa shape index (κ2) is 11.0. The number of hydrogen-bond acceptors (Lipinski definition) is 10. The van der Waals surface area contributed by atoms with Gasteiger partial charge in [-0.15, -0.1) is 0 Å². The number of anilines is 3. The molecule has 2 heterocycles. The summed E-state index contributed by atoms with van der Waals surface area (Å²) in [5.74, 6) is -1.46. The predicted octanol–water partition coefficient (Wildman–Crippen LogP) is 2.35. The predicted molar refractivity (Wildman–Crippen MR) is 123 cm³/mol. The molecule has 180 valence electrons. The summed E-state index contributed by atoms with van der Waals surface area (Å²) in [6.07, 6.45) is 5.86. The van der Waals surface area contributed by atoms with E-state index in [0.717, 1.165) is 24.0 Å². The summed E-state index contributed by atoms with van der Waals surface area (Å²) in [5.41, 5.74) is 1.12. The number of ether oxygens (including phenoxy) is 1. The van der Waals surface area contributed by atoms with Gasteiger partial charge in [-0.25, -0.2) is 22.6 Å². The lowest BCUT2D eigenvalue weighted by molar-refractivity contribution is 0.0526. The van der Waals surface area contributed by atoms with Gasteiger partial charge in [-0.3, -0.25) is 4.98 Å². The quantitative estimate of drug-likeness (QED) is 0.363. The first-order chi connectivity index (χ1) is 16.2. The van der Waals surface area contributed by atoms with Gasteiger partial charge in [-0.2, -0.15) is 4.98 Å². The van der Waals surface area contributed by atoms with Crippen LogP contribution < -0.4 is 10.6 Å². The van der Waals surface area contributed by atoms with Gasteiger partial charge >= 0.3 is 5.97 Å². The van der Waals surface area contributed by atoms with Gasteiger partial charge in [0.1, 0.15) is 22.1 Å². The molecule has 0 saturated heterocycles. The van der Waals surface area contributed by atoms with Crippen molar-refractivity contribution in [1.82, 2.24) is 15.0 Å². The number of esters is 1. The largest absolute Gasteiger partial charge is 0.462 e. The second-order valence-electron chi connectivity index (χ2n) is 7.31. The fourth-order valence-electron chi connectivity index (χ4n) is 3.08. The number of nitrogens with one attached hydrogen (secondary N) is 2. The van der Waals surface area contributed by atoms with Gasteiger partial charge in [0.15, 0.2) is 9.84 Å². The maximum atomic E-state index is 14.2. The Morgan fingerprint density at radius 3 is 2.68 bits per heavy atom. The highest BCUT2D eigenvalue weighted by Crippen LogP contribution is 2.23. The van der Waals surface area contributed by atoms with Crippen LogP contribution in [-0.2, 0) is 21.0 Å². The molecule has 2 aromatic heterocycles. The standard InChI is InChI=1S/C22H24FN5O5S/c1-3-33-21(30)17-12-25-22(27-15-6-7-19(18(23)10-15)34(2,31)32)28-20(17)26-16(13-29)9-14-5-4-8-24-11-14/h4-8,10-12,16,29H,3,9,13H2,1-2H3,(H2,25,26,27,28)/t16-/m0/s1. The Morgan fingerprint density at radius 1 is 1.26 bits per heavy atom. The average molecular weight is 490 g/mol. The van der Waals surface area contributed by atoms with Crippen LogP contribution in [0.2, 0.25) is 0 Å². The van der Waals surface area contributed by atoms with Crippen molar-refractivity contribution in [3.05, 3.63) is 65.9 Å². The lowest BCUT2D eigenvalue weighted by Gasteiger charge is -2.19. The van der Waals surface area contributed by atoms with E-state index in [1.807, 2.05) is 6.07 Å². The van der Waals surface area contributed by atoms with E-state index in [-0.39, 0.29) is 36.2 Å². The highest BCUT2D eigenvalue weighted by atomic mass is 32.2. The summed E-state index contributed by atoms with van der Waals surface area (Å²) in [6.45, 7) is 1.54. The summed E-state index contributed by atoms with van der Waals surface area (Å²) in [5, 5.41) is 15.7. The Kier molecular flexibility index (Phi) is 8.08. The number of halogens is 1. The van der Waals surface area contributed by atoms with E-state index in [1.165, 1.54) is 12.3 Å². The number of aliphatic hydroxyl groups excluding tert-OH is 1. The Balaban J connectivity index is 1.89. The molecule has 0 aliphatic carbocycles. The van der Waals surface area contributed by atoms with Gasteiger partial charge in [-0.1, -0.05) is 6.07 Å². The zero-order valence-corrected chi connectivity index (χ0v) is 19.3. The van der Waals surface area contributed by atoms with E-state index >= 15 is 0 Å². The fraction of sp³-hybridized carbons (Fsp3) is 0.273. The SMILES string of the molecule is CCOC(=O)c1cnc(Nc2ccc(S(C)(=O)=O)c(F)c2)nc1N[C@H](CO)Cc1cccnc1. The van der Waals surface area contributed by atoms with E-state index in [1.54, 1.807) is 25.4 Å². The van der Waals surface area contributed by atoms with Crippen molar-refractivity contribution in [3.8, 4) is 0 Å². The van der Waals surface area contributed by atoms with Crippen molar-refractivity contribution in [2.75, 3.05) is 30.1 Å². The first kappa shape index (κ1) is 25.0. The molecule has 12 heteroatoms. The average Bonchev–Trinajstić information content (AvgIpc) is 2.79. The number of hydrogen-bond donors (Lipinski definition) is 3. The highest BCUT2D eigenvalue weighted by molar-refractivity contribution is 7.90. The number of pyridine rings is 1. The van der Waals surface area contributed by atoms with Gasteiger partial charge in [0.05, 0.1) is 19.3 Å². The Hall–Kier alpha value is -3.64. The molecule has 3 rings (SSSR count). The molecular formula is C22H24FN5O5S. The lowest BCUT2D eigenvalue weighted by atomic mass is 10.1. The fourth-order valence-corrected chi connectivity index (χ4v) is 3.81. The molecule has 0 aliphatic rings. The van der Waals surface area contributed by atoms with Crippen LogP contribution in [0, 0.1) is 5.82 Å². The van der Waals surface area contributed by atoms with Crippen LogP contribution in [0.3, 0.4) is 0 Å². The third-order valence-corrected chi connectivity index (χ3v) is 5.77. The Bertz CT molecular complexity index is 1260. The lowest BCUT2D eigenvalue weighted by Crippen LogP contribution is -2.28. The summed E-state index contributed by atoms with van der Waals surface area (Å²) in [4.78, 5) is 24.4. The first-order valence-electron chi connectivity index (χ1n) is 10.3. The molecule has 3 aromatic rings. The monoisotopic (exact) mass is 489 g/mol. The van der Waals surface area contributed by atoms with Crippen molar-refractivity contribution < 1.29 is 27.4 Å². The van der Waals surface area contributed by atoms with Crippen molar-refractivity contribution in [3.63, 3.8) is 0 Å². The number of aromatic nitrogens is 3. The first-order valence-corrected chi connectivity index (χ1v) is 12.2. The van der Waals surface area contributed by atoms with E-state index < -0.39 is 32.6 Å². The molecule has 0 amide bonds. The smallest absolute Gasteiger partial charge is 0.343 e. The molecule has 0 unspecified atom stereocenters. The molecule has 0 radical (unpaired) electrons. The molecule has 0 bridgehead atoms. The van der Waals surface area contributed by atoms with Crippen LogP contribution in [0.25, 0.3) is 0 Å². The minimum Gasteiger partial charge on any atom is -0.462 e. The highest BCUT2D eigenvalue weighted by Gasteiger charge is 2.20. The zero-order valence-electron chi connectivity index (χ0n) is 18.5. The third kappa shape index (κ3) is 6.45. The van der Waals surface area contributed by atoms with Gasteiger partial charge in [0.2, 0.25) is 5.95 Å². The van der Waals surface area contributed by atoms with Crippen LogP contribution >= 0.6 is 0 Å². The maximum absolute atomic E-state index is 14.2. The maximum Gasteiger partial charge on any atom is 0.343 e. The van der Waals surface area contributed by atoms with E-state index in [9.17, 15) is 22.7 Å². The molecule has 0 spiro atoms. The Morgan fingerprint density at radius 2 is 2.06 bits per heavy atom. The number of sulfone groups is 1. The normalized spacial score (nSPS) is 12.1. The van der Waals surface area contributed by atoms with Crippen molar-refractivity contribution in [2.24, 2.45) is 0 Å². The Labute approximate surface area is 196 Å². The van der Waals surface area contributed by atoms with Crippen LogP contribution in [-0.4, -0.2) is 60.0 Å². The van der Waals surface area contributed by atoms with Crippen LogP contribution in [0.4, 0.5) is 21.8 Å². The van der Waals surface area contributed by atoms with Crippen LogP contribution in [0.1, 0.15) is 22.8 Å². The zero-order chi connectivity index (χ0) is 24.7. The number of carbonyl (C=O) groups excluding carboxylic acids is 1. The van der Waals surface area contributed by atoms with E-state index in [0.29, 0.717) is 6.42 Å². The molecule has 0 fully saturated rings. The van der Waals surface area contributed by atoms with Crippen molar-refractivity contribution in [1.29, 1.82) is 0 Å². The molecule has 0 aliphatic heterocycles. The van der Waals surface area contributed by atoms with Crippen LogP contribution in [0.15, 0.2) is 53.8 Å².